The molecule has 0 saturated carbocycles. The van der Waals surface area contributed by atoms with Crippen molar-refractivity contribution in [2.75, 3.05) is 23.1 Å². The molecule has 8 heteroatoms. The lowest BCUT2D eigenvalue weighted by Crippen LogP contribution is -2.18. The Morgan fingerprint density at radius 1 is 0.892 bits per heavy atom. The number of anilines is 3. The van der Waals surface area contributed by atoms with Crippen LogP contribution in [-0.4, -0.2) is 24.8 Å². The fourth-order valence-corrected chi connectivity index (χ4v) is 3.45. The van der Waals surface area contributed by atoms with Crippen molar-refractivity contribution in [3.05, 3.63) is 115 Å². The van der Waals surface area contributed by atoms with Gasteiger partial charge in [0.05, 0.1) is 7.11 Å². The third kappa shape index (κ3) is 6.95. The number of benzene rings is 3. The molecule has 186 valence electrons. The molecular formula is C29H26N4O4. The van der Waals surface area contributed by atoms with Gasteiger partial charge in [0.2, 0.25) is 5.91 Å². The molecule has 0 atom stereocenters. The topological polar surface area (TPSA) is 101 Å². The Labute approximate surface area is 215 Å². The van der Waals surface area contributed by atoms with Gasteiger partial charge in [-0.15, -0.1) is 0 Å². The molecule has 0 bridgehead atoms. The van der Waals surface area contributed by atoms with Crippen LogP contribution in [0, 0.1) is 0 Å². The van der Waals surface area contributed by atoms with E-state index in [9.17, 15) is 9.59 Å². The lowest BCUT2D eigenvalue weighted by molar-refractivity contribution is -0.113. The first-order valence-electron chi connectivity index (χ1n) is 11.5. The molecule has 0 saturated heterocycles. The van der Waals surface area contributed by atoms with Crippen LogP contribution in [0.25, 0.3) is 0 Å². The molecule has 1 heterocycles. The number of carbonyl (C=O) groups excluding carboxylic acids is 2. The molecule has 0 aliphatic carbocycles. The predicted molar refractivity (Wildman–Crippen MR) is 146 cm³/mol. The number of amidine groups is 1. The van der Waals surface area contributed by atoms with Crippen molar-refractivity contribution < 1.29 is 19.1 Å². The smallest absolute Gasteiger partial charge is 0.261 e. The van der Waals surface area contributed by atoms with Crippen molar-refractivity contribution in [3.8, 4) is 11.5 Å². The van der Waals surface area contributed by atoms with Crippen LogP contribution < -0.4 is 25.4 Å². The van der Waals surface area contributed by atoms with Crippen LogP contribution in [0.1, 0.15) is 6.42 Å². The molecule has 1 aliphatic rings. The van der Waals surface area contributed by atoms with Crippen LogP contribution in [0.5, 0.6) is 11.5 Å². The molecule has 4 rings (SSSR count). The summed E-state index contributed by atoms with van der Waals surface area (Å²) in [5, 5.41) is 8.84. The summed E-state index contributed by atoms with van der Waals surface area (Å²) in [6.45, 7) is 3.46. The van der Waals surface area contributed by atoms with E-state index in [-0.39, 0.29) is 17.4 Å². The summed E-state index contributed by atoms with van der Waals surface area (Å²) in [5.41, 5.74) is 2.22. The fraction of sp³-hybridized carbons (Fsp3) is 0.0690. The van der Waals surface area contributed by atoms with Gasteiger partial charge >= 0.3 is 0 Å². The molecule has 37 heavy (non-hydrogen) atoms. The van der Waals surface area contributed by atoms with E-state index in [1.54, 1.807) is 49.6 Å². The van der Waals surface area contributed by atoms with Crippen molar-refractivity contribution in [3.63, 3.8) is 0 Å². The number of methoxy groups -OCH3 is 1. The molecular weight excluding hydrogens is 468 g/mol. The highest BCUT2D eigenvalue weighted by Gasteiger charge is 2.20. The SMILES string of the molecule is C=CC(=O)Nc1cccc(OC2=CCC(Nc3cccc(OC)c3)=NC=C2C(=O)Nc2ccccc2)c1. The van der Waals surface area contributed by atoms with Crippen molar-refractivity contribution in [1.29, 1.82) is 0 Å². The molecule has 0 spiro atoms. The van der Waals surface area contributed by atoms with Crippen LogP contribution in [0.4, 0.5) is 17.1 Å². The van der Waals surface area contributed by atoms with Crippen molar-refractivity contribution >= 4 is 34.7 Å². The minimum absolute atomic E-state index is 0.242. The zero-order chi connectivity index (χ0) is 26.0. The largest absolute Gasteiger partial charge is 0.497 e. The monoisotopic (exact) mass is 494 g/mol. The normalized spacial score (nSPS) is 12.6. The third-order valence-electron chi connectivity index (χ3n) is 5.25. The number of aliphatic imine (C=N–C) groups is 1. The van der Waals surface area contributed by atoms with Crippen molar-refractivity contribution in [1.82, 2.24) is 0 Å². The number of amides is 2. The summed E-state index contributed by atoms with van der Waals surface area (Å²) in [6, 6.07) is 23.5. The Kier molecular flexibility index (Phi) is 8.13. The third-order valence-corrected chi connectivity index (χ3v) is 5.25. The van der Waals surface area contributed by atoms with Gasteiger partial charge in [0.25, 0.3) is 5.91 Å². The van der Waals surface area contributed by atoms with Gasteiger partial charge in [-0.3, -0.25) is 9.59 Å². The quantitative estimate of drug-likeness (QED) is 0.358. The van der Waals surface area contributed by atoms with E-state index in [2.05, 4.69) is 27.5 Å². The van der Waals surface area contributed by atoms with E-state index >= 15 is 0 Å². The highest BCUT2D eigenvalue weighted by atomic mass is 16.5. The van der Waals surface area contributed by atoms with Gasteiger partial charge in [0.15, 0.2) is 0 Å². The molecule has 0 aromatic heterocycles. The summed E-state index contributed by atoms with van der Waals surface area (Å²) in [4.78, 5) is 29.5. The van der Waals surface area contributed by atoms with Crippen molar-refractivity contribution in [2.45, 2.75) is 6.42 Å². The maximum atomic E-state index is 13.2. The first kappa shape index (κ1) is 25.0. The fourth-order valence-electron chi connectivity index (χ4n) is 3.45. The number of para-hydroxylation sites is 1. The lowest BCUT2D eigenvalue weighted by atomic mass is 10.1. The van der Waals surface area contributed by atoms with Gasteiger partial charge in [-0.25, -0.2) is 4.99 Å². The Hall–Kier alpha value is -5.11. The molecule has 8 nitrogen and oxygen atoms in total. The maximum absolute atomic E-state index is 13.2. The summed E-state index contributed by atoms with van der Waals surface area (Å²) >= 11 is 0. The van der Waals surface area contributed by atoms with Crippen LogP contribution in [-0.2, 0) is 9.59 Å². The van der Waals surface area contributed by atoms with Gasteiger partial charge in [-0.05, 0) is 48.6 Å². The Balaban J connectivity index is 1.61. The second-order valence-corrected chi connectivity index (χ2v) is 7.89. The molecule has 3 N–H and O–H groups in total. The number of hydrogen-bond donors (Lipinski definition) is 3. The van der Waals surface area contributed by atoms with E-state index in [4.69, 9.17) is 9.47 Å². The standard InChI is InChI=1S/C29H26N4O4/c1-3-28(34)32-22-12-8-14-24(18-22)37-26-15-16-27(31-21-11-7-13-23(17-21)36-2)30-19-25(26)29(35)33-20-9-5-4-6-10-20/h3-15,17-19H,1,16H2,2H3,(H,30,31)(H,32,34)(H,33,35). The zero-order valence-corrected chi connectivity index (χ0v) is 20.2. The van der Waals surface area contributed by atoms with Crippen LogP contribution >= 0.6 is 0 Å². The van der Waals surface area contributed by atoms with E-state index in [0.29, 0.717) is 40.9 Å². The average Bonchev–Trinajstić information content (AvgIpc) is 3.11. The van der Waals surface area contributed by atoms with E-state index in [1.807, 2.05) is 42.5 Å². The van der Waals surface area contributed by atoms with Crippen molar-refractivity contribution in [2.24, 2.45) is 4.99 Å². The van der Waals surface area contributed by atoms with Crippen LogP contribution in [0.2, 0.25) is 0 Å². The van der Waals surface area contributed by atoms with Gasteiger partial charge in [0, 0.05) is 41.8 Å². The first-order chi connectivity index (χ1) is 18.0. The van der Waals surface area contributed by atoms with Crippen LogP contribution in [0.3, 0.4) is 0 Å². The average molecular weight is 495 g/mol. The predicted octanol–water partition coefficient (Wildman–Crippen LogP) is 5.52. The maximum Gasteiger partial charge on any atom is 0.261 e. The number of hydrogen-bond acceptors (Lipinski definition) is 6. The minimum atomic E-state index is -0.375. The Morgan fingerprint density at radius 2 is 1.59 bits per heavy atom. The summed E-state index contributed by atoms with van der Waals surface area (Å²) in [5.74, 6) is 1.38. The minimum Gasteiger partial charge on any atom is -0.497 e. The van der Waals surface area contributed by atoms with E-state index < -0.39 is 0 Å². The molecule has 0 radical (unpaired) electrons. The van der Waals surface area contributed by atoms with E-state index in [1.165, 1.54) is 12.3 Å². The number of rotatable bonds is 8. The Morgan fingerprint density at radius 3 is 2.35 bits per heavy atom. The van der Waals surface area contributed by atoms with E-state index in [0.717, 1.165) is 5.69 Å². The molecule has 3 aromatic carbocycles. The van der Waals surface area contributed by atoms with Gasteiger partial charge in [0.1, 0.15) is 28.7 Å². The summed E-state index contributed by atoms with van der Waals surface area (Å²) < 4.78 is 11.4. The molecule has 0 fully saturated rings. The number of carbonyl (C=O) groups is 2. The lowest BCUT2D eigenvalue weighted by Gasteiger charge is -2.14. The second kappa shape index (κ2) is 12.0. The summed E-state index contributed by atoms with van der Waals surface area (Å²) in [7, 11) is 1.60. The van der Waals surface area contributed by atoms with Gasteiger partial charge in [-0.1, -0.05) is 36.9 Å². The number of nitrogens with one attached hydrogen (secondary N) is 3. The number of ether oxygens (including phenoxy) is 2. The highest BCUT2D eigenvalue weighted by Crippen LogP contribution is 2.26. The zero-order valence-electron chi connectivity index (χ0n) is 20.2. The highest BCUT2D eigenvalue weighted by molar-refractivity contribution is 6.08. The molecule has 2 amide bonds. The second-order valence-electron chi connectivity index (χ2n) is 7.89. The van der Waals surface area contributed by atoms with Gasteiger partial charge in [-0.2, -0.15) is 0 Å². The number of nitrogens with zero attached hydrogens (tertiary/aromatic N) is 1. The van der Waals surface area contributed by atoms with Gasteiger partial charge < -0.3 is 25.4 Å². The summed E-state index contributed by atoms with van der Waals surface area (Å²) in [6.07, 6.45) is 4.82. The molecule has 3 aromatic rings. The molecule has 0 unspecified atom stereocenters. The van der Waals surface area contributed by atoms with Crippen LogP contribution in [0.15, 0.2) is 120 Å². The first-order valence-corrected chi connectivity index (χ1v) is 11.5. The Bertz CT molecular complexity index is 1390. The molecule has 1 aliphatic heterocycles.